The number of carbonyl (C=O) groups is 2. The quantitative estimate of drug-likeness (QED) is 0.618. The third-order valence-electron chi connectivity index (χ3n) is 2.17. The Kier molecular flexibility index (Phi) is 5.55. The molecule has 0 radical (unpaired) electrons. The number of ether oxygens (including phenoxy) is 2. The molecule has 4 nitrogen and oxygen atoms in total. The van der Waals surface area contributed by atoms with Gasteiger partial charge >= 0.3 is 11.9 Å². The predicted molar refractivity (Wildman–Crippen MR) is 65.9 cm³/mol. The molecule has 0 unspecified atom stereocenters. The van der Waals surface area contributed by atoms with Crippen molar-refractivity contribution < 1.29 is 23.5 Å². The second-order valence-corrected chi connectivity index (χ2v) is 3.44. The second kappa shape index (κ2) is 7.17. The molecule has 0 atom stereocenters. The summed E-state index contributed by atoms with van der Waals surface area (Å²) in [5.74, 6) is 2.98. The van der Waals surface area contributed by atoms with Crippen molar-refractivity contribution in [1.82, 2.24) is 0 Å². The number of esters is 2. The molecule has 0 saturated carbocycles. The zero-order valence-electron chi connectivity index (χ0n) is 10.7. The first-order chi connectivity index (χ1) is 9.10. The highest BCUT2D eigenvalue weighted by molar-refractivity contribution is 5.90. The lowest BCUT2D eigenvalue weighted by Crippen LogP contribution is -2.05. The van der Waals surface area contributed by atoms with Gasteiger partial charge in [-0.3, -0.25) is 4.79 Å². The third-order valence-corrected chi connectivity index (χ3v) is 2.17. The van der Waals surface area contributed by atoms with Crippen LogP contribution in [0.25, 0.3) is 0 Å². The number of carbonyl (C=O) groups excluding carboxylic acids is 2. The number of methoxy groups -OCH3 is 1. The minimum Gasteiger partial charge on any atom is -0.465 e. The van der Waals surface area contributed by atoms with Gasteiger partial charge in [-0.25, -0.2) is 9.18 Å². The molecule has 0 aliphatic carbocycles. The molecule has 100 valence electrons. The molecule has 0 bridgehead atoms. The monoisotopic (exact) mass is 264 g/mol. The number of rotatable bonds is 3. The molecule has 1 aromatic carbocycles. The molecule has 19 heavy (non-hydrogen) atoms. The standard InChI is InChI=1S/C14H13FO4/c1-3-19-12(16)9-5-7-10-6-4-8-11(13(10)15)14(17)18-2/h4,6,8H,3,9H2,1-2H3. The zero-order chi connectivity index (χ0) is 14.3. The van der Waals surface area contributed by atoms with Gasteiger partial charge in [-0.2, -0.15) is 0 Å². The highest BCUT2D eigenvalue weighted by Crippen LogP contribution is 2.13. The van der Waals surface area contributed by atoms with Crippen LogP contribution in [0.2, 0.25) is 0 Å². The molecule has 0 aliphatic rings. The highest BCUT2D eigenvalue weighted by atomic mass is 19.1. The summed E-state index contributed by atoms with van der Waals surface area (Å²) < 4.78 is 23.0. The fourth-order valence-electron chi connectivity index (χ4n) is 1.32. The Labute approximate surface area is 110 Å². The Balaban J connectivity index is 2.88. The van der Waals surface area contributed by atoms with Crippen molar-refractivity contribution in [3.8, 4) is 11.8 Å². The molecule has 1 aromatic rings. The summed E-state index contributed by atoms with van der Waals surface area (Å²) >= 11 is 0. The SMILES string of the molecule is CCOC(=O)CC#Cc1cccc(C(=O)OC)c1F. The number of hydrogen-bond donors (Lipinski definition) is 0. The van der Waals surface area contributed by atoms with E-state index in [9.17, 15) is 14.0 Å². The van der Waals surface area contributed by atoms with Crippen LogP contribution in [0, 0.1) is 17.7 Å². The van der Waals surface area contributed by atoms with E-state index in [0.29, 0.717) is 0 Å². The molecule has 0 fully saturated rings. The maximum atomic E-state index is 13.9. The molecule has 0 aromatic heterocycles. The van der Waals surface area contributed by atoms with E-state index in [4.69, 9.17) is 0 Å². The third kappa shape index (κ3) is 4.11. The minimum atomic E-state index is -0.772. The Hall–Kier alpha value is -2.35. The van der Waals surface area contributed by atoms with Gasteiger partial charge in [-0.1, -0.05) is 17.9 Å². The molecular weight excluding hydrogens is 251 g/mol. The van der Waals surface area contributed by atoms with Gasteiger partial charge in [0.1, 0.15) is 6.42 Å². The van der Waals surface area contributed by atoms with Crippen molar-refractivity contribution in [3.05, 3.63) is 35.1 Å². The van der Waals surface area contributed by atoms with E-state index in [0.717, 1.165) is 0 Å². The van der Waals surface area contributed by atoms with Crippen LogP contribution in [-0.2, 0) is 14.3 Å². The van der Waals surface area contributed by atoms with E-state index in [-0.39, 0.29) is 24.2 Å². The van der Waals surface area contributed by atoms with E-state index in [2.05, 4.69) is 21.3 Å². The number of halogens is 1. The van der Waals surface area contributed by atoms with Crippen molar-refractivity contribution in [3.63, 3.8) is 0 Å². The number of hydrogen-bond acceptors (Lipinski definition) is 4. The average molecular weight is 264 g/mol. The molecule has 0 saturated heterocycles. The molecule has 0 heterocycles. The smallest absolute Gasteiger partial charge is 0.340 e. The summed E-state index contributed by atoms with van der Waals surface area (Å²) in [4.78, 5) is 22.3. The maximum Gasteiger partial charge on any atom is 0.340 e. The molecular formula is C14H13FO4. The van der Waals surface area contributed by atoms with Crippen LogP contribution in [0.15, 0.2) is 18.2 Å². The lowest BCUT2D eigenvalue weighted by molar-refractivity contribution is -0.141. The summed E-state index contributed by atoms with van der Waals surface area (Å²) in [6, 6.07) is 4.21. The Morgan fingerprint density at radius 1 is 1.37 bits per heavy atom. The fourth-order valence-corrected chi connectivity index (χ4v) is 1.32. The van der Waals surface area contributed by atoms with Crippen molar-refractivity contribution >= 4 is 11.9 Å². The van der Waals surface area contributed by atoms with Crippen LogP contribution in [0.3, 0.4) is 0 Å². The van der Waals surface area contributed by atoms with Crippen molar-refractivity contribution in [2.45, 2.75) is 13.3 Å². The maximum absolute atomic E-state index is 13.9. The zero-order valence-corrected chi connectivity index (χ0v) is 10.7. The van der Waals surface area contributed by atoms with Gasteiger partial charge < -0.3 is 9.47 Å². The summed E-state index contributed by atoms with van der Waals surface area (Å²) in [7, 11) is 1.17. The lowest BCUT2D eigenvalue weighted by atomic mass is 10.1. The molecule has 0 aliphatic heterocycles. The van der Waals surface area contributed by atoms with E-state index in [1.54, 1.807) is 6.92 Å². The van der Waals surface area contributed by atoms with Gasteiger partial charge in [0, 0.05) is 0 Å². The molecule has 0 N–H and O–H groups in total. The van der Waals surface area contributed by atoms with Crippen LogP contribution >= 0.6 is 0 Å². The first-order valence-corrected chi connectivity index (χ1v) is 5.61. The average Bonchev–Trinajstić information content (AvgIpc) is 2.40. The van der Waals surface area contributed by atoms with E-state index in [1.165, 1.54) is 25.3 Å². The van der Waals surface area contributed by atoms with Crippen LogP contribution in [0.4, 0.5) is 4.39 Å². The fraction of sp³-hybridized carbons (Fsp3) is 0.286. The Morgan fingerprint density at radius 3 is 2.74 bits per heavy atom. The minimum absolute atomic E-state index is 0.0344. The summed E-state index contributed by atoms with van der Waals surface area (Å²) in [6.45, 7) is 1.96. The van der Waals surface area contributed by atoms with Crippen LogP contribution in [-0.4, -0.2) is 25.7 Å². The molecule has 0 amide bonds. The van der Waals surface area contributed by atoms with E-state index < -0.39 is 17.8 Å². The molecule has 5 heteroatoms. The molecule has 1 rings (SSSR count). The van der Waals surface area contributed by atoms with Crippen LogP contribution < -0.4 is 0 Å². The Bertz CT molecular complexity index is 540. The van der Waals surface area contributed by atoms with Crippen LogP contribution in [0.1, 0.15) is 29.3 Å². The van der Waals surface area contributed by atoms with Crippen molar-refractivity contribution in [2.24, 2.45) is 0 Å². The van der Waals surface area contributed by atoms with Gasteiger partial charge in [0.2, 0.25) is 0 Å². The van der Waals surface area contributed by atoms with Gasteiger partial charge in [0.05, 0.1) is 24.8 Å². The number of benzene rings is 1. The van der Waals surface area contributed by atoms with E-state index in [1.807, 2.05) is 0 Å². The van der Waals surface area contributed by atoms with Gasteiger partial charge in [-0.15, -0.1) is 0 Å². The summed E-state index contributed by atoms with van der Waals surface area (Å²) in [5, 5.41) is 0. The Morgan fingerprint density at radius 2 is 2.11 bits per heavy atom. The van der Waals surface area contributed by atoms with Gasteiger partial charge in [0.15, 0.2) is 5.82 Å². The lowest BCUT2D eigenvalue weighted by Gasteiger charge is -2.02. The summed E-state index contributed by atoms with van der Waals surface area (Å²) in [6.07, 6.45) is -0.129. The summed E-state index contributed by atoms with van der Waals surface area (Å²) in [5.41, 5.74) is -0.155. The topological polar surface area (TPSA) is 52.6 Å². The first kappa shape index (κ1) is 14.7. The molecule has 0 spiro atoms. The van der Waals surface area contributed by atoms with Crippen molar-refractivity contribution in [1.29, 1.82) is 0 Å². The van der Waals surface area contributed by atoms with Gasteiger partial charge in [-0.05, 0) is 19.1 Å². The van der Waals surface area contributed by atoms with Crippen LogP contribution in [0.5, 0.6) is 0 Å². The van der Waals surface area contributed by atoms with Crippen molar-refractivity contribution in [2.75, 3.05) is 13.7 Å². The highest BCUT2D eigenvalue weighted by Gasteiger charge is 2.13. The first-order valence-electron chi connectivity index (χ1n) is 5.61. The largest absolute Gasteiger partial charge is 0.465 e. The second-order valence-electron chi connectivity index (χ2n) is 3.44. The van der Waals surface area contributed by atoms with Gasteiger partial charge in [0.25, 0.3) is 0 Å². The predicted octanol–water partition coefficient (Wildman–Crippen LogP) is 1.92. The normalized spacial score (nSPS) is 9.21. The van der Waals surface area contributed by atoms with E-state index >= 15 is 0 Å².